The Labute approximate surface area is 166 Å². The minimum atomic E-state index is -0.833. The lowest BCUT2D eigenvalue weighted by Crippen LogP contribution is -2.46. The molecule has 2 heterocycles. The topological polar surface area (TPSA) is 148 Å². The highest BCUT2D eigenvalue weighted by molar-refractivity contribution is 5.92. The Morgan fingerprint density at radius 1 is 0.821 bits per heavy atom. The first-order valence-electron chi connectivity index (χ1n) is 9.29. The zero-order chi connectivity index (χ0) is 21.8. The average Bonchev–Trinajstić information content (AvgIpc) is 2.61. The summed E-state index contributed by atoms with van der Waals surface area (Å²) in [5.41, 5.74) is -0.820. The second kappa shape index (κ2) is 12.0. The summed E-state index contributed by atoms with van der Waals surface area (Å²) in [5.74, 6) is 0.198. The molecule has 0 aromatic heterocycles. The van der Waals surface area contributed by atoms with Crippen molar-refractivity contribution >= 4 is 23.6 Å². The van der Waals surface area contributed by atoms with Crippen LogP contribution in [-0.4, -0.2) is 71.1 Å². The number of nitrogens with one attached hydrogen (secondary N) is 2. The fourth-order valence-electron chi connectivity index (χ4n) is 2.23. The maximum atomic E-state index is 9.00. The molecule has 2 aliphatic heterocycles. The molecule has 0 saturated carbocycles. The molecule has 0 saturated heterocycles. The van der Waals surface area contributed by atoms with Crippen LogP contribution in [0.2, 0.25) is 0 Å². The van der Waals surface area contributed by atoms with Crippen LogP contribution < -0.4 is 10.6 Å². The van der Waals surface area contributed by atoms with Gasteiger partial charge >= 0.3 is 0 Å². The molecule has 2 aliphatic rings. The molecule has 0 aromatic rings. The van der Waals surface area contributed by atoms with E-state index in [1.807, 2.05) is 27.7 Å². The van der Waals surface area contributed by atoms with E-state index in [9.17, 15) is 0 Å². The van der Waals surface area contributed by atoms with E-state index in [1.54, 1.807) is 0 Å². The fourth-order valence-corrected chi connectivity index (χ4v) is 2.23. The van der Waals surface area contributed by atoms with Crippen LogP contribution in [0.3, 0.4) is 0 Å². The average molecular weight is 399 g/mol. The van der Waals surface area contributed by atoms with Crippen LogP contribution in [0, 0.1) is 0 Å². The second-order valence-electron chi connectivity index (χ2n) is 7.38. The number of carboxylic acid groups (broad SMARTS) is 2. The normalized spacial score (nSPS) is 16.8. The van der Waals surface area contributed by atoms with Gasteiger partial charge in [-0.15, -0.1) is 0 Å². The van der Waals surface area contributed by atoms with E-state index in [4.69, 9.17) is 19.8 Å². The van der Waals surface area contributed by atoms with Crippen molar-refractivity contribution in [1.82, 2.24) is 10.6 Å². The van der Waals surface area contributed by atoms with Gasteiger partial charge in [-0.25, -0.2) is 0 Å². The highest BCUT2D eigenvalue weighted by Crippen LogP contribution is 2.19. The molecule has 0 fully saturated rings. The van der Waals surface area contributed by atoms with E-state index in [0.29, 0.717) is 0 Å². The van der Waals surface area contributed by atoms with Gasteiger partial charge < -0.3 is 20.8 Å². The number of carbonyl (C=O) groups is 2. The van der Waals surface area contributed by atoms with Crippen LogP contribution in [0.1, 0.15) is 54.4 Å². The third-order valence-electron chi connectivity index (χ3n) is 3.50. The molecule has 0 aromatic carbocycles. The van der Waals surface area contributed by atoms with Gasteiger partial charge in [0.25, 0.3) is 11.9 Å². The molecule has 0 spiro atoms. The number of amidine groups is 2. The van der Waals surface area contributed by atoms with Crippen molar-refractivity contribution in [1.29, 1.82) is 0 Å². The summed E-state index contributed by atoms with van der Waals surface area (Å²) in [6.07, 6.45) is 2.17. The Balaban J connectivity index is 0.000000776. The van der Waals surface area contributed by atoms with Crippen molar-refractivity contribution in [2.75, 3.05) is 26.2 Å². The monoisotopic (exact) mass is 398 g/mol. The maximum absolute atomic E-state index is 9.00. The number of carboxylic acids is 2. The van der Waals surface area contributed by atoms with Gasteiger partial charge in [0.2, 0.25) is 0 Å². The van der Waals surface area contributed by atoms with E-state index >= 15 is 0 Å². The van der Waals surface area contributed by atoms with Crippen LogP contribution in [0.15, 0.2) is 20.2 Å². The molecule has 0 atom stereocenters. The summed E-state index contributed by atoms with van der Waals surface area (Å²) in [6, 6.07) is 0. The Hall–Kier alpha value is -2.52. The smallest absolute Gasteiger partial charge is 0.300 e. The number of hydrogen-bond donors (Lipinski definition) is 4. The summed E-state index contributed by atoms with van der Waals surface area (Å²) in [5, 5.41) is 30.6. The van der Waals surface area contributed by atoms with Gasteiger partial charge in [-0.2, -0.15) is 10.2 Å². The van der Waals surface area contributed by atoms with Gasteiger partial charge in [0.1, 0.15) is 22.7 Å². The standard InChI is InChI=1S/C14H26N6.2C2H4O2/c1-13(2,11-15-7-5-8-16-11)19-20-14(3,4)12-17-9-6-10-18-12;2*1-2(3)4/h5-10H2,1-4H3,(H,15,16)(H,17,18);2*1H3,(H,3,4). The Morgan fingerprint density at radius 3 is 1.32 bits per heavy atom. The molecule has 2 rings (SSSR count). The lowest BCUT2D eigenvalue weighted by Gasteiger charge is -2.29. The van der Waals surface area contributed by atoms with E-state index in [0.717, 1.165) is 64.5 Å². The summed E-state index contributed by atoms with van der Waals surface area (Å²) < 4.78 is 0. The van der Waals surface area contributed by atoms with Crippen LogP contribution >= 0.6 is 0 Å². The Bertz CT molecular complexity index is 551. The number of aliphatic carboxylic acids is 2. The molecule has 28 heavy (non-hydrogen) atoms. The van der Waals surface area contributed by atoms with E-state index in [2.05, 4.69) is 30.8 Å². The SMILES string of the molecule is CC(=O)O.CC(=O)O.CC(C)(N=NC(C)(C)C1=NCCCN1)C1=NCCCN1. The number of azo groups is 1. The van der Waals surface area contributed by atoms with E-state index < -0.39 is 23.0 Å². The molecule has 0 radical (unpaired) electrons. The predicted molar refractivity (Wildman–Crippen MR) is 109 cm³/mol. The minimum Gasteiger partial charge on any atom is -0.481 e. The molecule has 0 bridgehead atoms. The molecule has 160 valence electrons. The maximum Gasteiger partial charge on any atom is 0.300 e. The molecule has 10 nitrogen and oxygen atoms in total. The number of rotatable bonds is 4. The van der Waals surface area contributed by atoms with Gasteiger partial charge in [0.05, 0.1) is 0 Å². The Kier molecular flexibility index (Phi) is 11.0. The molecule has 4 N–H and O–H groups in total. The first-order chi connectivity index (χ1) is 12.9. The van der Waals surface area contributed by atoms with Crippen LogP contribution in [0.25, 0.3) is 0 Å². The summed E-state index contributed by atoms with van der Waals surface area (Å²) in [4.78, 5) is 27.0. The third-order valence-corrected chi connectivity index (χ3v) is 3.50. The van der Waals surface area contributed by atoms with Crippen molar-refractivity contribution < 1.29 is 19.8 Å². The van der Waals surface area contributed by atoms with Gasteiger partial charge in [-0.05, 0) is 40.5 Å². The lowest BCUT2D eigenvalue weighted by atomic mass is 10.0. The Morgan fingerprint density at radius 2 is 1.11 bits per heavy atom. The van der Waals surface area contributed by atoms with Crippen LogP contribution in [0.5, 0.6) is 0 Å². The zero-order valence-electron chi connectivity index (χ0n) is 17.7. The van der Waals surface area contributed by atoms with Crippen molar-refractivity contribution in [3.05, 3.63) is 0 Å². The molecular weight excluding hydrogens is 364 g/mol. The number of aliphatic imine (C=N–C) groups is 2. The highest BCUT2D eigenvalue weighted by Gasteiger charge is 2.30. The van der Waals surface area contributed by atoms with Crippen molar-refractivity contribution in [3.8, 4) is 0 Å². The second-order valence-corrected chi connectivity index (χ2v) is 7.38. The third kappa shape index (κ3) is 11.2. The number of hydrogen-bond acceptors (Lipinski definition) is 8. The predicted octanol–water partition coefficient (Wildman–Crippen LogP) is 1.96. The minimum absolute atomic E-state index is 0.410. The summed E-state index contributed by atoms with van der Waals surface area (Å²) >= 11 is 0. The van der Waals surface area contributed by atoms with Crippen LogP contribution in [-0.2, 0) is 9.59 Å². The molecular formula is C18H34N6O4. The first kappa shape index (κ1) is 25.5. The van der Waals surface area contributed by atoms with Crippen LogP contribution in [0.4, 0.5) is 0 Å². The van der Waals surface area contributed by atoms with E-state index in [1.165, 1.54) is 0 Å². The molecule has 0 amide bonds. The van der Waals surface area contributed by atoms with Crippen molar-refractivity contribution in [2.24, 2.45) is 20.2 Å². The quantitative estimate of drug-likeness (QED) is 0.532. The first-order valence-corrected chi connectivity index (χ1v) is 9.29. The fraction of sp³-hybridized carbons (Fsp3) is 0.778. The lowest BCUT2D eigenvalue weighted by molar-refractivity contribution is -0.135. The van der Waals surface area contributed by atoms with Crippen molar-refractivity contribution in [3.63, 3.8) is 0 Å². The van der Waals surface area contributed by atoms with Gasteiger partial charge in [0.15, 0.2) is 0 Å². The van der Waals surface area contributed by atoms with Gasteiger partial charge in [-0.1, -0.05) is 0 Å². The molecule has 10 heteroatoms. The summed E-state index contributed by atoms with van der Waals surface area (Å²) in [6.45, 7) is 14.0. The van der Waals surface area contributed by atoms with E-state index in [-0.39, 0.29) is 0 Å². The van der Waals surface area contributed by atoms with Gasteiger partial charge in [-0.3, -0.25) is 19.6 Å². The molecule has 0 unspecified atom stereocenters. The summed E-state index contributed by atoms with van der Waals surface area (Å²) in [7, 11) is 0. The number of nitrogens with zero attached hydrogens (tertiary/aromatic N) is 4. The highest BCUT2D eigenvalue weighted by atomic mass is 16.4. The zero-order valence-corrected chi connectivity index (χ0v) is 17.7. The molecule has 0 aliphatic carbocycles. The largest absolute Gasteiger partial charge is 0.481 e. The van der Waals surface area contributed by atoms with Crippen molar-refractivity contribution in [2.45, 2.75) is 65.5 Å². The van der Waals surface area contributed by atoms with Gasteiger partial charge in [0, 0.05) is 40.0 Å².